The molecule has 2 N–H and O–H groups in total. The van der Waals surface area contributed by atoms with Crippen molar-refractivity contribution in [1.29, 1.82) is 0 Å². The molecule has 3 atom stereocenters. The molecule has 0 unspecified atom stereocenters. The van der Waals surface area contributed by atoms with E-state index in [0.717, 1.165) is 0 Å². The van der Waals surface area contributed by atoms with E-state index in [1.54, 1.807) is 12.3 Å². The average Bonchev–Trinajstić information content (AvgIpc) is 2.44. The quantitative estimate of drug-likeness (QED) is 0.675. The van der Waals surface area contributed by atoms with Crippen LogP contribution in [0, 0.1) is 0 Å². The molecule has 1 aromatic rings. The van der Waals surface area contributed by atoms with Gasteiger partial charge in [-0.1, -0.05) is 0 Å². The third kappa shape index (κ3) is 1.33. The van der Waals surface area contributed by atoms with Crippen LogP contribution < -0.4 is 11.4 Å². The van der Waals surface area contributed by atoms with Crippen LogP contribution in [0.25, 0.3) is 0 Å². The van der Waals surface area contributed by atoms with Gasteiger partial charge in [0.25, 0.3) is 0 Å². The summed E-state index contributed by atoms with van der Waals surface area (Å²) >= 11 is 0. The molecule has 0 amide bonds. The van der Waals surface area contributed by atoms with Crippen molar-refractivity contribution in [2.75, 3.05) is 12.3 Å². The molecule has 6 heteroatoms. The van der Waals surface area contributed by atoms with Gasteiger partial charge in [0.15, 0.2) is 0 Å². The summed E-state index contributed by atoms with van der Waals surface area (Å²) in [6.07, 6.45) is 2.33. The van der Waals surface area contributed by atoms with E-state index in [1.807, 2.05) is 0 Å². The van der Waals surface area contributed by atoms with Crippen LogP contribution in [-0.2, 0) is 9.47 Å². The third-order valence-corrected chi connectivity index (χ3v) is 2.82. The number of nitrogen functional groups attached to an aromatic ring is 1. The Morgan fingerprint density at radius 2 is 2.40 bits per heavy atom. The zero-order valence-corrected chi connectivity index (χ0v) is 8.00. The molecular formula is C9H11N3O3. The molecule has 0 aliphatic carbocycles. The fourth-order valence-electron chi connectivity index (χ4n) is 1.94. The molecule has 2 aliphatic rings. The zero-order valence-electron chi connectivity index (χ0n) is 8.00. The van der Waals surface area contributed by atoms with E-state index in [-0.39, 0.29) is 29.9 Å². The van der Waals surface area contributed by atoms with Gasteiger partial charge >= 0.3 is 5.69 Å². The summed E-state index contributed by atoms with van der Waals surface area (Å²) in [4.78, 5) is 15.2. The molecule has 0 radical (unpaired) electrons. The lowest BCUT2D eigenvalue weighted by Gasteiger charge is -2.28. The highest BCUT2D eigenvalue weighted by Crippen LogP contribution is 2.35. The molecule has 2 fully saturated rings. The minimum atomic E-state index is -0.374. The van der Waals surface area contributed by atoms with Crippen molar-refractivity contribution in [1.82, 2.24) is 9.55 Å². The molecule has 80 valence electrons. The van der Waals surface area contributed by atoms with E-state index in [0.29, 0.717) is 13.0 Å². The highest BCUT2D eigenvalue weighted by molar-refractivity contribution is 5.23. The smallest absolute Gasteiger partial charge is 0.351 e. The van der Waals surface area contributed by atoms with Crippen LogP contribution in [0.4, 0.5) is 5.82 Å². The molecule has 6 nitrogen and oxygen atoms in total. The molecule has 0 aromatic carbocycles. The summed E-state index contributed by atoms with van der Waals surface area (Å²) in [5.74, 6) is 0.230. The Bertz CT molecular complexity index is 432. The summed E-state index contributed by atoms with van der Waals surface area (Å²) in [7, 11) is 0. The Morgan fingerprint density at radius 1 is 1.53 bits per heavy atom. The first-order valence-corrected chi connectivity index (χ1v) is 4.86. The molecule has 0 bridgehead atoms. The first-order valence-electron chi connectivity index (χ1n) is 4.86. The number of nitrogens with two attached hydrogens (primary N) is 1. The third-order valence-electron chi connectivity index (χ3n) is 2.82. The van der Waals surface area contributed by atoms with Gasteiger partial charge in [-0.15, -0.1) is 0 Å². The second-order valence-electron chi connectivity index (χ2n) is 3.78. The van der Waals surface area contributed by atoms with Gasteiger partial charge in [-0.25, -0.2) is 4.79 Å². The number of rotatable bonds is 1. The SMILES string of the molecule is Nc1ccn([C@H]2C[C@H]3OC[C@@H]3O2)c(=O)n1. The van der Waals surface area contributed by atoms with Crippen molar-refractivity contribution >= 4 is 5.82 Å². The molecule has 0 saturated carbocycles. The van der Waals surface area contributed by atoms with Crippen LogP contribution >= 0.6 is 0 Å². The maximum Gasteiger partial charge on any atom is 0.351 e. The van der Waals surface area contributed by atoms with E-state index in [2.05, 4.69) is 4.98 Å². The summed E-state index contributed by atoms with van der Waals surface area (Å²) in [6.45, 7) is 0.623. The lowest BCUT2D eigenvalue weighted by Crippen LogP contribution is -2.40. The highest BCUT2D eigenvalue weighted by Gasteiger charge is 2.43. The van der Waals surface area contributed by atoms with Crippen LogP contribution in [0.5, 0.6) is 0 Å². The average molecular weight is 209 g/mol. The molecule has 2 saturated heterocycles. The number of nitrogens with zero attached hydrogens (tertiary/aromatic N) is 2. The van der Waals surface area contributed by atoms with Crippen molar-refractivity contribution in [3.05, 3.63) is 22.7 Å². The minimum Gasteiger partial charge on any atom is -0.383 e. The fraction of sp³-hybridized carbons (Fsp3) is 0.556. The van der Waals surface area contributed by atoms with Crippen molar-refractivity contribution in [2.45, 2.75) is 24.9 Å². The van der Waals surface area contributed by atoms with Gasteiger partial charge in [-0.3, -0.25) is 4.57 Å². The van der Waals surface area contributed by atoms with Crippen LogP contribution in [0.15, 0.2) is 17.1 Å². The molecule has 2 aliphatic heterocycles. The Morgan fingerprint density at radius 3 is 2.93 bits per heavy atom. The Balaban J connectivity index is 1.90. The van der Waals surface area contributed by atoms with Crippen molar-refractivity contribution in [3.63, 3.8) is 0 Å². The van der Waals surface area contributed by atoms with Crippen molar-refractivity contribution in [3.8, 4) is 0 Å². The van der Waals surface area contributed by atoms with E-state index in [4.69, 9.17) is 15.2 Å². The number of fused-ring (bicyclic) bond motifs is 1. The second kappa shape index (κ2) is 3.04. The van der Waals surface area contributed by atoms with Crippen LogP contribution in [-0.4, -0.2) is 28.4 Å². The number of anilines is 1. The number of hydrogen-bond donors (Lipinski definition) is 1. The van der Waals surface area contributed by atoms with Crippen LogP contribution in [0.1, 0.15) is 12.6 Å². The van der Waals surface area contributed by atoms with Crippen molar-refractivity contribution in [2.24, 2.45) is 0 Å². The summed E-state index contributed by atoms with van der Waals surface area (Å²) in [5, 5.41) is 0. The lowest BCUT2D eigenvalue weighted by atomic mass is 10.1. The summed E-state index contributed by atoms with van der Waals surface area (Å²) in [6, 6.07) is 1.59. The van der Waals surface area contributed by atoms with Crippen LogP contribution in [0.2, 0.25) is 0 Å². The van der Waals surface area contributed by atoms with E-state index >= 15 is 0 Å². The predicted molar refractivity (Wildman–Crippen MR) is 51.2 cm³/mol. The standard InChI is InChI=1S/C9H11N3O3/c10-7-1-2-12(9(13)11-7)8-3-5-6(15-8)4-14-5/h1-2,5-6,8H,3-4H2,(H2,10,11,13)/t5-,6+,8-/m1/s1. The number of hydrogen-bond acceptors (Lipinski definition) is 5. The Kier molecular flexibility index (Phi) is 1.80. The van der Waals surface area contributed by atoms with Gasteiger partial charge in [0.05, 0.1) is 12.7 Å². The highest BCUT2D eigenvalue weighted by atomic mass is 16.6. The van der Waals surface area contributed by atoms with E-state index in [9.17, 15) is 4.79 Å². The van der Waals surface area contributed by atoms with Gasteiger partial charge in [0.1, 0.15) is 18.1 Å². The van der Waals surface area contributed by atoms with Gasteiger partial charge in [0, 0.05) is 12.6 Å². The lowest BCUT2D eigenvalue weighted by molar-refractivity contribution is -0.149. The molecule has 0 spiro atoms. The minimum absolute atomic E-state index is 0.138. The van der Waals surface area contributed by atoms with Crippen LogP contribution in [0.3, 0.4) is 0 Å². The molecular weight excluding hydrogens is 198 g/mol. The van der Waals surface area contributed by atoms with Gasteiger partial charge < -0.3 is 15.2 Å². The van der Waals surface area contributed by atoms with Gasteiger partial charge in [-0.05, 0) is 6.07 Å². The first-order chi connectivity index (χ1) is 7.24. The zero-order chi connectivity index (χ0) is 10.4. The Hall–Kier alpha value is -1.40. The molecule has 3 heterocycles. The summed E-state index contributed by atoms with van der Waals surface area (Å²) in [5.41, 5.74) is 5.03. The largest absolute Gasteiger partial charge is 0.383 e. The Labute approximate surface area is 85.6 Å². The number of aromatic nitrogens is 2. The number of ether oxygens (including phenoxy) is 2. The molecule has 1 aromatic heterocycles. The van der Waals surface area contributed by atoms with E-state index < -0.39 is 0 Å². The van der Waals surface area contributed by atoms with Gasteiger partial charge in [-0.2, -0.15) is 4.98 Å². The molecule has 3 rings (SSSR count). The monoisotopic (exact) mass is 209 g/mol. The fourth-order valence-corrected chi connectivity index (χ4v) is 1.94. The molecule has 15 heavy (non-hydrogen) atoms. The van der Waals surface area contributed by atoms with Crippen molar-refractivity contribution < 1.29 is 9.47 Å². The predicted octanol–water partition coefficient (Wildman–Crippen LogP) is -0.488. The summed E-state index contributed by atoms with van der Waals surface area (Å²) < 4.78 is 12.4. The maximum atomic E-state index is 11.5. The van der Waals surface area contributed by atoms with Gasteiger partial charge in [0.2, 0.25) is 0 Å². The maximum absolute atomic E-state index is 11.5. The second-order valence-corrected chi connectivity index (χ2v) is 3.78. The topological polar surface area (TPSA) is 79.4 Å². The first kappa shape index (κ1) is 8.87. The normalized spacial score (nSPS) is 33.5. The van der Waals surface area contributed by atoms with E-state index in [1.165, 1.54) is 4.57 Å².